The van der Waals surface area contributed by atoms with Gasteiger partial charge in [-0.15, -0.1) is 0 Å². The van der Waals surface area contributed by atoms with Crippen molar-refractivity contribution in [2.45, 2.75) is 32.7 Å². The van der Waals surface area contributed by atoms with E-state index in [0.717, 1.165) is 46.5 Å². The molecular formula is C28H31FN2OS. The number of anilines is 1. The number of halogens is 1. The second-order valence-corrected chi connectivity index (χ2v) is 8.98. The molecular weight excluding hydrogens is 431 g/mol. The molecule has 0 aliphatic carbocycles. The summed E-state index contributed by atoms with van der Waals surface area (Å²) in [6, 6.07) is 21.5. The lowest BCUT2D eigenvalue weighted by atomic mass is 9.98. The Morgan fingerprint density at radius 1 is 0.970 bits per heavy atom. The maximum Gasteiger partial charge on any atom is 0.139 e. The molecule has 0 unspecified atom stereocenters. The average Bonchev–Trinajstić information content (AvgIpc) is 3.20. The summed E-state index contributed by atoms with van der Waals surface area (Å²) < 4.78 is 22.4. The zero-order valence-corrected chi connectivity index (χ0v) is 20.3. The monoisotopic (exact) mass is 462 g/mol. The highest BCUT2D eigenvalue weighted by Crippen LogP contribution is 2.42. The number of fused-ring (bicyclic) bond motifs is 1. The van der Waals surface area contributed by atoms with E-state index in [9.17, 15) is 4.39 Å². The van der Waals surface area contributed by atoms with Crippen molar-refractivity contribution >= 4 is 28.6 Å². The predicted molar refractivity (Wildman–Crippen MR) is 140 cm³/mol. The Morgan fingerprint density at radius 3 is 2.39 bits per heavy atom. The van der Waals surface area contributed by atoms with Gasteiger partial charge in [0.25, 0.3) is 0 Å². The minimum absolute atomic E-state index is 0.249. The summed E-state index contributed by atoms with van der Waals surface area (Å²) in [6.07, 6.45) is 5.68. The van der Waals surface area contributed by atoms with Crippen LogP contribution >= 0.6 is 11.9 Å². The summed E-state index contributed by atoms with van der Waals surface area (Å²) in [5.74, 6) is 0.540. The molecule has 4 rings (SSSR count). The third kappa shape index (κ3) is 5.10. The normalized spacial score (nSPS) is 11.3. The largest absolute Gasteiger partial charge is 0.456 e. The summed E-state index contributed by atoms with van der Waals surface area (Å²) in [5.41, 5.74) is 6.35. The van der Waals surface area contributed by atoms with Crippen LogP contribution in [0.1, 0.15) is 31.7 Å². The Morgan fingerprint density at radius 2 is 1.73 bits per heavy atom. The van der Waals surface area contributed by atoms with Crippen LogP contribution in [0.15, 0.2) is 71.1 Å². The molecule has 172 valence electrons. The van der Waals surface area contributed by atoms with Crippen LogP contribution in [0.2, 0.25) is 0 Å². The highest BCUT2D eigenvalue weighted by Gasteiger charge is 2.21. The maximum atomic E-state index is 13.6. The number of furan rings is 1. The lowest BCUT2D eigenvalue weighted by molar-refractivity contribution is 0.619. The van der Waals surface area contributed by atoms with Gasteiger partial charge < -0.3 is 14.0 Å². The van der Waals surface area contributed by atoms with Crippen LogP contribution in [0.4, 0.5) is 10.1 Å². The van der Waals surface area contributed by atoms with Crippen molar-refractivity contribution in [3.05, 3.63) is 78.1 Å². The van der Waals surface area contributed by atoms with Gasteiger partial charge in [-0.25, -0.2) is 4.39 Å². The molecule has 5 heteroatoms. The number of rotatable bonds is 10. The number of hydrogen-bond donors (Lipinski definition) is 1. The van der Waals surface area contributed by atoms with Crippen molar-refractivity contribution in [3.8, 4) is 22.5 Å². The average molecular weight is 463 g/mol. The van der Waals surface area contributed by atoms with Crippen LogP contribution in [-0.2, 0) is 6.54 Å². The summed E-state index contributed by atoms with van der Waals surface area (Å²) in [5, 5.41) is 4.36. The molecule has 0 spiro atoms. The Bertz CT molecular complexity index is 1190. The van der Waals surface area contributed by atoms with E-state index in [0.29, 0.717) is 6.54 Å². The minimum Gasteiger partial charge on any atom is -0.456 e. The molecule has 0 amide bonds. The van der Waals surface area contributed by atoms with E-state index >= 15 is 0 Å². The van der Waals surface area contributed by atoms with Crippen molar-refractivity contribution in [3.63, 3.8) is 0 Å². The van der Waals surface area contributed by atoms with E-state index in [4.69, 9.17) is 4.42 Å². The minimum atomic E-state index is -0.249. The fourth-order valence-corrected chi connectivity index (χ4v) is 4.90. The lowest BCUT2D eigenvalue weighted by Gasteiger charge is -2.24. The molecule has 4 aromatic rings. The zero-order chi connectivity index (χ0) is 23.2. The molecule has 0 radical (unpaired) electrons. The Labute approximate surface area is 200 Å². The Hall–Kier alpha value is -2.76. The van der Waals surface area contributed by atoms with E-state index in [2.05, 4.69) is 59.2 Å². The van der Waals surface area contributed by atoms with Crippen molar-refractivity contribution in [2.24, 2.45) is 0 Å². The van der Waals surface area contributed by atoms with Crippen molar-refractivity contribution in [1.29, 1.82) is 0 Å². The van der Waals surface area contributed by atoms with E-state index in [1.165, 1.54) is 36.1 Å². The first kappa shape index (κ1) is 23.4. The number of benzene rings is 3. The fourth-order valence-electron chi connectivity index (χ4n) is 4.24. The summed E-state index contributed by atoms with van der Waals surface area (Å²) >= 11 is 1.75. The summed E-state index contributed by atoms with van der Waals surface area (Å²) in [7, 11) is 1.93. The van der Waals surface area contributed by atoms with E-state index in [1.807, 2.05) is 13.1 Å². The molecule has 0 fully saturated rings. The molecule has 0 aliphatic heterocycles. The van der Waals surface area contributed by atoms with Crippen LogP contribution in [0.3, 0.4) is 0 Å². The Balaban J connectivity index is 1.91. The van der Waals surface area contributed by atoms with Gasteiger partial charge in [0, 0.05) is 47.5 Å². The van der Waals surface area contributed by atoms with Crippen LogP contribution in [0.25, 0.3) is 33.4 Å². The second-order valence-electron chi connectivity index (χ2n) is 8.17. The van der Waals surface area contributed by atoms with Crippen LogP contribution in [0.5, 0.6) is 0 Å². The molecule has 0 saturated heterocycles. The molecule has 3 aromatic carbocycles. The van der Waals surface area contributed by atoms with Crippen LogP contribution in [0, 0.1) is 5.82 Å². The molecule has 0 atom stereocenters. The highest BCUT2D eigenvalue weighted by atomic mass is 32.2. The van der Waals surface area contributed by atoms with Crippen molar-refractivity contribution < 1.29 is 8.81 Å². The van der Waals surface area contributed by atoms with E-state index in [1.54, 1.807) is 24.1 Å². The first-order valence-corrected chi connectivity index (χ1v) is 12.7. The molecule has 0 bridgehead atoms. The molecule has 33 heavy (non-hydrogen) atoms. The van der Waals surface area contributed by atoms with Crippen molar-refractivity contribution in [2.75, 3.05) is 24.2 Å². The zero-order valence-electron chi connectivity index (χ0n) is 19.5. The molecule has 0 aliphatic rings. The fraction of sp³-hybridized carbons (Fsp3) is 0.286. The quantitative estimate of drug-likeness (QED) is 0.191. The standard InChI is InChI=1S/C28H31FN2OS/c1-4-5-9-16-31(33-3)26-18-27-24(17-23(26)20-10-7-6-8-11-20)25(19-30-2)28(32-27)21-12-14-22(29)15-13-21/h6-8,10-15,17-18,30H,4-5,9,16,19H2,1-3H3. The molecule has 1 heterocycles. The molecule has 1 aromatic heterocycles. The summed E-state index contributed by atoms with van der Waals surface area (Å²) in [6.45, 7) is 3.87. The van der Waals surface area contributed by atoms with Gasteiger partial charge in [-0.3, -0.25) is 0 Å². The number of nitrogens with zero attached hydrogens (tertiary/aromatic N) is 1. The maximum absolute atomic E-state index is 13.6. The third-order valence-corrected chi connectivity index (χ3v) is 6.73. The van der Waals surface area contributed by atoms with Gasteiger partial charge in [0.05, 0.1) is 5.69 Å². The number of hydrogen-bond acceptors (Lipinski definition) is 4. The predicted octanol–water partition coefficient (Wildman–Crippen LogP) is 7.90. The smallest absolute Gasteiger partial charge is 0.139 e. The van der Waals surface area contributed by atoms with Crippen LogP contribution in [-0.4, -0.2) is 19.8 Å². The van der Waals surface area contributed by atoms with Gasteiger partial charge in [0.1, 0.15) is 17.2 Å². The van der Waals surface area contributed by atoms with Crippen molar-refractivity contribution in [1.82, 2.24) is 5.32 Å². The topological polar surface area (TPSA) is 28.4 Å². The van der Waals surface area contributed by atoms with Gasteiger partial charge in [-0.1, -0.05) is 62.0 Å². The van der Waals surface area contributed by atoms with E-state index in [-0.39, 0.29) is 5.82 Å². The van der Waals surface area contributed by atoms with Gasteiger partial charge in [0.15, 0.2) is 0 Å². The first-order valence-electron chi connectivity index (χ1n) is 11.5. The van der Waals surface area contributed by atoms with Gasteiger partial charge >= 0.3 is 0 Å². The SMILES string of the molecule is CCCCCN(SC)c1cc2oc(-c3ccc(F)cc3)c(CNC)c2cc1-c1ccccc1. The van der Waals surface area contributed by atoms with Gasteiger partial charge in [0.2, 0.25) is 0 Å². The van der Waals surface area contributed by atoms with Gasteiger partial charge in [-0.05, 0) is 49.4 Å². The summed E-state index contributed by atoms with van der Waals surface area (Å²) in [4.78, 5) is 0. The lowest BCUT2D eigenvalue weighted by Crippen LogP contribution is -2.16. The van der Waals surface area contributed by atoms with Gasteiger partial charge in [-0.2, -0.15) is 0 Å². The first-order chi connectivity index (χ1) is 16.2. The number of unbranched alkanes of at least 4 members (excludes halogenated alkanes) is 2. The highest BCUT2D eigenvalue weighted by molar-refractivity contribution is 8.00. The molecule has 3 nitrogen and oxygen atoms in total. The second kappa shape index (κ2) is 10.9. The van der Waals surface area contributed by atoms with Crippen LogP contribution < -0.4 is 9.62 Å². The number of nitrogens with one attached hydrogen (secondary N) is 1. The third-order valence-electron chi connectivity index (χ3n) is 5.91. The Kier molecular flexibility index (Phi) is 7.73. The molecule has 0 saturated carbocycles. The molecule has 1 N–H and O–H groups in total. The van der Waals surface area contributed by atoms with E-state index < -0.39 is 0 Å².